The number of hydrogen-bond acceptors (Lipinski definition) is 2. The average molecular weight is 264 g/mol. The Morgan fingerprint density at radius 3 is 2.53 bits per heavy atom. The molecular weight excluding hydrogens is 240 g/mol. The number of carboxylic acids is 1. The second-order valence-corrected chi connectivity index (χ2v) is 4.83. The molecule has 1 N–H and O–H groups in total. The Kier molecular flexibility index (Phi) is 7.71. The maximum atomic E-state index is 10.7. The number of ether oxygens (including phenoxy) is 1. The van der Waals surface area contributed by atoms with Gasteiger partial charge in [0.1, 0.15) is 5.75 Å². The summed E-state index contributed by atoms with van der Waals surface area (Å²) in [6.45, 7) is 2.18. The summed E-state index contributed by atoms with van der Waals surface area (Å²) in [6.07, 6.45) is 6.43. The number of hydrogen-bond donors (Lipinski definition) is 1. The number of rotatable bonds is 10. The lowest BCUT2D eigenvalue weighted by molar-refractivity contribution is -0.137. The van der Waals surface area contributed by atoms with E-state index in [1.165, 1.54) is 19.3 Å². The van der Waals surface area contributed by atoms with Gasteiger partial charge < -0.3 is 9.84 Å². The highest BCUT2D eigenvalue weighted by atomic mass is 16.5. The Hall–Kier alpha value is -1.51. The quantitative estimate of drug-likeness (QED) is 0.642. The van der Waals surface area contributed by atoms with Gasteiger partial charge in [-0.15, -0.1) is 0 Å². The zero-order chi connectivity index (χ0) is 13.9. The minimum atomic E-state index is -0.754. The first-order chi connectivity index (χ1) is 9.22. The molecule has 0 aliphatic heterocycles. The third kappa shape index (κ3) is 7.50. The van der Waals surface area contributed by atoms with E-state index >= 15 is 0 Å². The lowest BCUT2D eigenvalue weighted by Crippen LogP contribution is -2.18. The number of carbonyl (C=O) groups is 1. The van der Waals surface area contributed by atoms with Gasteiger partial charge in [0.15, 0.2) is 0 Å². The van der Waals surface area contributed by atoms with Crippen molar-refractivity contribution in [3.05, 3.63) is 30.3 Å². The molecule has 0 fully saturated rings. The van der Waals surface area contributed by atoms with Crippen molar-refractivity contribution in [3.63, 3.8) is 0 Å². The highest BCUT2D eigenvalue weighted by Gasteiger charge is 2.12. The summed E-state index contributed by atoms with van der Waals surface area (Å²) in [5, 5.41) is 8.78. The lowest BCUT2D eigenvalue weighted by Gasteiger charge is -2.18. The standard InChI is InChI=1S/C16H24O3/c1-2-3-4-6-11-15(12-13-16(17)18)19-14-9-7-5-8-10-14/h5,7-10,15H,2-4,6,11-13H2,1H3,(H,17,18). The summed E-state index contributed by atoms with van der Waals surface area (Å²) < 4.78 is 5.88. The van der Waals surface area contributed by atoms with Crippen molar-refractivity contribution >= 4 is 5.97 Å². The first kappa shape index (κ1) is 15.5. The van der Waals surface area contributed by atoms with Crippen LogP contribution in [0.5, 0.6) is 5.75 Å². The van der Waals surface area contributed by atoms with Gasteiger partial charge in [-0.2, -0.15) is 0 Å². The second kappa shape index (κ2) is 9.42. The van der Waals surface area contributed by atoms with Crippen LogP contribution in [0.4, 0.5) is 0 Å². The highest BCUT2D eigenvalue weighted by Crippen LogP contribution is 2.18. The van der Waals surface area contributed by atoms with Crippen LogP contribution in [-0.4, -0.2) is 17.2 Å². The van der Waals surface area contributed by atoms with Gasteiger partial charge in [-0.3, -0.25) is 4.79 Å². The molecule has 1 rings (SSSR count). The molecule has 106 valence electrons. The Morgan fingerprint density at radius 1 is 1.16 bits per heavy atom. The minimum absolute atomic E-state index is 0.00959. The molecule has 1 atom stereocenters. The van der Waals surface area contributed by atoms with Crippen LogP contribution in [-0.2, 0) is 4.79 Å². The van der Waals surface area contributed by atoms with Crippen LogP contribution in [0.25, 0.3) is 0 Å². The van der Waals surface area contributed by atoms with E-state index in [-0.39, 0.29) is 12.5 Å². The Morgan fingerprint density at radius 2 is 1.89 bits per heavy atom. The maximum absolute atomic E-state index is 10.7. The van der Waals surface area contributed by atoms with Crippen LogP contribution in [0.1, 0.15) is 51.9 Å². The van der Waals surface area contributed by atoms with Crippen molar-refractivity contribution < 1.29 is 14.6 Å². The average Bonchev–Trinajstić information content (AvgIpc) is 2.41. The molecule has 0 spiro atoms. The first-order valence-electron chi connectivity index (χ1n) is 7.16. The molecule has 0 aliphatic carbocycles. The fraction of sp³-hybridized carbons (Fsp3) is 0.562. The van der Waals surface area contributed by atoms with Gasteiger partial charge in [-0.25, -0.2) is 0 Å². The molecule has 0 aromatic heterocycles. The van der Waals surface area contributed by atoms with E-state index in [9.17, 15) is 4.79 Å². The van der Waals surface area contributed by atoms with Gasteiger partial charge in [0.05, 0.1) is 6.10 Å². The summed E-state index contributed by atoms with van der Waals surface area (Å²) in [4.78, 5) is 10.7. The maximum Gasteiger partial charge on any atom is 0.303 e. The third-order valence-corrected chi connectivity index (χ3v) is 3.11. The molecule has 0 heterocycles. The van der Waals surface area contributed by atoms with Gasteiger partial charge in [-0.1, -0.05) is 44.4 Å². The minimum Gasteiger partial charge on any atom is -0.490 e. The number of carboxylic acid groups (broad SMARTS) is 1. The molecule has 3 heteroatoms. The number of aliphatic carboxylic acids is 1. The molecule has 0 saturated heterocycles. The summed E-state index contributed by atoms with van der Waals surface area (Å²) in [5.41, 5.74) is 0. The molecule has 0 aliphatic rings. The fourth-order valence-electron chi connectivity index (χ4n) is 2.04. The van der Waals surface area contributed by atoms with Crippen molar-refractivity contribution in [2.75, 3.05) is 0 Å². The molecule has 3 nitrogen and oxygen atoms in total. The molecular formula is C16H24O3. The molecule has 0 radical (unpaired) electrons. The molecule has 1 aromatic rings. The zero-order valence-electron chi connectivity index (χ0n) is 11.7. The molecule has 0 amide bonds. The van der Waals surface area contributed by atoms with E-state index in [1.54, 1.807) is 0 Å². The first-order valence-corrected chi connectivity index (χ1v) is 7.16. The molecule has 0 saturated carbocycles. The van der Waals surface area contributed by atoms with Gasteiger partial charge in [0.25, 0.3) is 0 Å². The monoisotopic (exact) mass is 264 g/mol. The van der Waals surface area contributed by atoms with E-state index in [0.29, 0.717) is 6.42 Å². The van der Waals surface area contributed by atoms with E-state index < -0.39 is 5.97 Å². The van der Waals surface area contributed by atoms with Crippen molar-refractivity contribution in [3.8, 4) is 5.75 Å². The van der Waals surface area contributed by atoms with Gasteiger partial charge >= 0.3 is 5.97 Å². The van der Waals surface area contributed by atoms with Crippen LogP contribution in [0.3, 0.4) is 0 Å². The Balaban J connectivity index is 2.41. The van der Waals surface area contributed by atoms with Crippen LogP contribution < -0.4 is 4.74 Å². The normalized spacial score (nSPS) is 12.1. The van der Waals surface area contributed by atoms with Gasteiger partial charge in [-0.05, 0) is 31.4 Å². The predicted octanol–water partition coefficient (Wildman–Crippen LogP) is 4.27. The van der Waals surface area contributed by atoms with Crippen LogP contribution in [0.2, 0.25) is 0 Å². The molecule has 0 bridgehead atoms. The third-order valence-electron chi connectivity index (χ3n) is 3.11. The van der Waals surface area contributed by atoms with Crippen LogP contribution in [0, 0.1) is 0 Å². The van der Waals surface area contributed by atoms with E-state index in [0.717, 1.165) is 18.6 Å². The molecule has 1 aromatic carbocycles. The van der Waals surface area contributed by atoms with Crippen molar-refractivity contribution in [1.82, 2.24) is 0 Å². The predicted molar refractivity (Wildman–Crippen MR) is 76.5 cm³/mol. The SMILES string of the molecule is CCCCCCC(CCC(=O)O)Oc1ccccc1. The van der Waals surface area contributed by atoms with Crippen molar-refractivity contribution in [2.45, 2.75) is 58.0 Å². The topological polar surface area (TPSA) is 46.5 Å². The summed E-state index contributed by atoms with van der Waals surface area (Å²) in [7, 11) is 0. The Bertz CT molecular complexity index is 348. The fourth-order valence-corrected chi connectivity index (χ4v) is 2.04. The summed E-state index contributed by atoms with van der Waals surface area (Å²) >= 11 is 0. The summed E-state index contributed by atoms with van der Waals surface area (Å²) in [5.74, 6) is 0.0728. The van der Waals surface area contributed by atoms with E-state index in [1.807, 2.05) is 30.3 Å². The number of benzene rings is 1. The van der Waals surface area contributed by atoms with Crippen molar-refractivity contribution in [1.29, 1.82) is 0 Å². The van der Waals surface area contributed by atoms with E-state index in [2.05, 4.69) is 6.92 Å². The van der Waals surface area contributed by atoms with Gasteiger partial charge in [0.2, 0.25) is 0 Å². The lowest BCUT2D eigenvalue weighted by atomic mass is 10.1. The van der Waals surface area contributed by atoms with Crippen molar-refractivity contribution in [2.24, 2.45) is 0 Å². The number of unbranched alkanes of at least 4 members (excludes halogenated alkanes) is 3. The Labute approximate surface area is 115 Å². The van der Waals surface area contributed by atoms with E-state index in [4.69, 9.17) is 9.84 Å². The van der Waals surface area contributed by atoms with Crippen LogP contribution in [0.15, 0.2) is 30.3 Å². The highest BCUT2D eigenvalue weighted by molar-refractivity contribution is 5.66. The smallest absolute Gasteiger partial charge is 0.303 e. The second-order valence-electron chi connectivity index (χ2n) is 4.83. The zero-order valence-corrected chi connectivity index (χ0v) is 11.7. The van der Waals surface area contributed by atoms with Gasteiger partial charge in [0, 0.05) is 6.42 Å². The molecule has 19 heavy (non-hydrogen) atoms. The summed E-state index contributed by atoms with van der Waals surface area (Å²) in [6, 6.07) is 9.64. The largest absolute Gasteiger partial charge is 0.490 e. The molecule has 1 unspecified atom stereocenters. The van der Waals surface area contributed by atoms with Crippen LogP contribution >= 0.6 is 0 Å². The number of para-hydroxylation sites is 1.